The molecule has 5 nitrogen and oxygen atoms in total. The average Bonchev–Trinajstić information content (AvgIpc) is 3.21. The Morgan fingerprint density at radius 3 is 2.73 bits per heavy atom. The molecule has 4 aromatic rings. The lowest BCUT2D eigenvalue weighted by Crippen LogP contribution is -2.26. The summed E-state index contributed by atoms with van der Waals surface area (Å²) in [5, 5.41) is 6.80. The van der Waals surface area contributed by atoms with Gasteiger partial charge in [0, 0.05) is 47.9 Å². The van der Waals surface area contributed by atoms with Gasteiger partial charge in [-0.2, -0.15) is 0 Å². The van der Waals surface area contributed by atoms with E-state index in [0.29, 0.717) is 12.1 Å². The SMILES string of the molecule is O=C(NCCc1nccs1)c1cc(-c2ccncc2)nc2ccccc12. The van der Waals surface area contributed by atoms with Crippen molar-refractivity contribution in [2.24, 2.45) is 0 Å². The fourth-order valence-electron chi connectivity index (χ4n) is 2.79. The molecular formula is C20H16N4OS. The molecule has 0 saturated heterocycles. The van der Waals surface area contributed by atoms with Gasteiger partial charge in [-0.15, -0.1) is 11.3 Å². The standard InChI is InChI=1S/C20H16N4OS/c25-20(23-10-7-19-22-11-12-26-19)16-13-18(14-5-8-21-9-6-14)24-17-4-2-1-3-15(16)17/h1-6,8-9,11-13H,7,10H2,(H,23,25). The molecule has 0 unspecified atom stereocenters. The first-order valence-electron chi connectivity index (χ1n) is 8.28. The van der Waals surface area contributed by atoms with Crippen molar-refractivity contribution in [1.82, 2.24) is 20.3 Å². The average molecular weight is 360 g/mol. The Bertz CT molecular complexity index is 1030. The van der Waals surface area contributed by atoms with Crippen molar-refractivity contribution in [3.05, 3.63) is 77.0 Å². The van der Waals surface area contributed by atoms with Crippen molar-refractivity contribution in [3.8, 4) is 11.3 Å². The van der Waals surface area contributed by atoms with Gasteiger partial charge in [0.05, 0.1) is 21.8 Å². The highest BCUT2D eigenvalue weighted by Crippen LogP contribution is 2.24. The zero-order valence-electron chi connectivity index (χ0n) is 13.9. The third-order valence-corrected chi connectivity index (χ3v) is 4.88. The lowest BCUT2D eigenvalue weighted by molar-refractivity contribution is 0.0956. The Hall–Kier alpha value is -3.12. The Labute approximate surface area is 154 Å². The second-order valence-electron chi connectivity index (χ2n) is 5.74. The monoisotopic (exact) mass is 360 g/mol. The minimum atomic E-state index is -0.101. The number of carbonyl (C=O) groups excluding carboxylic acids is 1. The second kappa shape index (κ2) is 7.41. The van der Waals surface area contributed by atoms with Gasteiger partial charge in [-0.1, -0.05) is 18.2 Å². The summed E-state index contributed by atoms with van der Waals surface area (Å²) in [7, 11) is 0. The normalized spacial score (nSPS) is 10.8. The van der Waals surface area contributed by atoms with Crippen LogP contribution in [0.5, 0.6) is 0 Å². The van der Waals surface area contributed by atoms with Crippen molar-refractivity contribution < 1.29 is 4.79 Å². The summed E-state index contributed by atoms with van der Waals surface area (Å²) in [5.74, 6) is -0.101. The van der Waals surface area contributed by atoms with E-state index >= 15 is 0 Å². The number of rotatable bonds is 5. The van der Waals surface area contributed by atoms with Crippen LogP contribution in [0.15, 0.2) is 66.4 Å². The van der Waals surface area contributed by atoms with E-state index in [1.807, 2.05) is 47.8 Å². The number of hydrogen-bond donors (Lipinski definition) is 1. The minimum absolute atomic E-state index is 0.101. The number of para-hydroxylation sites is 1. The first-order chi connectivity index (χ1) is 12.8. The van der Waals surface area contributed by atoms with Crippen molar-refractivity contribution in [3.63, 3.8) is 0 Å². The summed E-state index contributed by atoms with van der Waals surface area (Å²) < 4.78 is 0. The van der Waals surface area contributed by atoms with Gasteiger partial charge < -0.3 is 5.32 Å². The summed E-state index contributed by atoms with van der Waals surface area (Å²) in [6, 6.07) is 13.3. The molecule has 0 aliphatic carbocycles. The summed E-state index contributed by atoms with van der Waals surface area (Å²) >= 11 is 1.59. The Balaban J connectivity index is 1.65. The maximum absolute atomic E-state index is 12.8. The highest BCUT2D eigenvalue weighted by molar-refractivity contribution is 7.09. The number of hydrogen-bond acceptors (Lipinski definition) is 5. The highest BCUT2D eigenvalue weighted by Gasteiger charge is 2.13. The molecule has 0 aliphatic heterocycles. The van der Waals surface area contributed by atoms with E-state index in [1.165, 1.54) is 0 Å². The molecule has 128 valence electrons. The molecule has 4 rings (SSSR count). The zero-order chi connectivity index (χ0) is 17.8. The summed E-state index contributed by atoms with van der Waals surface area (Å²) in [6.45, 7) is 0.549. The van der Waals surface area contributed by atoms with E-state index in [9.17, 15) is 4.79 Å². The Kier molecular flexibility index (Phi) is 4.66. The molecule has 3 aromatic heterocycles. The fourth-order valence-corrected chi connectivity index (χ4v) is 3.41. The predicted molar refractivity (Wildman–Crippen MR) is 103 cm³/mol. The number of nitrogens with zero attached hydrogens (tertiary/aromatic N) is 3. The van der Waals surface area contributed by atoms with E-state index in [-0.39, 0.29) is 5.91 Å². The minimum Gasteiger partial charge on any atom is -0.352 e. The van der Waals surface area contributed by atoms with Crippen molar-refractivity contribution in [1.29, 1.82) is 0 Å². The first kappa shape index (κ1) is 16.4. The molecule has 0 saturated carbocycles. The van der Waals surface area contributed by atoms with Crippen molar-refractivity contribution in [2.75, 3.05) is 6.54 Å². The Morgan fingerprint density at radius 2 is 1.92 bits per heavy atom. The number of fused-ring (bicyclic) bond motifs is 1. The number of carbonyl (C=O) groups is 1. The lowest BCUT2D eigenvalue weighted by Gasteiger charge is -2.10. The number of benzene rings is 1. The van der Waals surface area contributed by atoms with Gasteiger partial charge in [0.1, 0.15) is 0 Å². The molecule has 1 amide bonds. The third-order valence-electron chi connectivity index (χ3n) is 4.04. The van der Waals surface area contributed by atoms with Gasteiger partial charge >= 0.3 is 0 Å². The van der Waals surface area contributed by atoms with E-state index < -0.39 is 0 Å². The van der Waals surface area contributed by atoms with Gasteiger partial charge in [-0.25, -0.2) is 9.97 Å². The Morgan fingerprint density at radius 1 is 1.08 bits per heavy atom. The van der Waals surface area contributed by atoms with E-state index in [4.69, 9.17) is 4.98 Å². The van der Waals surface area contributed by atoms with Gasteiger partial charge in [-0.3, -0.25) is 9.78 Å². The molecule has 0 spiro atoms. The lowest BCUT2D eigenvalue weighted by atomic mass is 10.0. The van der Waals surface area contributed by atoms with Crippen LogP contribution < -0.4 is 5.32 Å². The van der Waals surface area contributed by atoms with Gasteiger partial charge in [0.2, 0.25) is 0 Å². The van der Waals surface area contributed by atoms with E-state index in [0.717, 1.165) is 33.6 Å². The van der Waals surface area contributed by atoms with Crippen LogP contribution in [0, 0.1) is 0 Å². The smallest absolute Gasteiger partial charge is 0.252 e. The van der Waals surface area contributed by atoms with Crippen LogP contribution in [0.3, 0.4) is 0 Å². The molecule has 0 fully saturated rings. The molecule has 1 aromatic carbocycles. The molecule has 6 heteroatoms. The number of aromatic nitrogens is 3. The number of amides is 1. The summed E-state index contributed by atoms with van der Waals surface area (Å²) in [5.41, 5.74) is 3.12. The number of pyridine rings is 2. The van der Waals surface area contributed by atoms with Gasteiger partial charge in [0.25, 0.3) is 5.91 Å². The maximum Gasteiger partial charge on any atom is 0.252 e. The van der Waals surface area contributed by atoms with Crippen LogP contribution in [-0.2, 0) is 6.42 Å². The van der Waals surface area contributed by atoms with E-state index in [2.05, 4.69) is 15.3 Å². The second-order valence-corrected chi connectivity index (χ2v) is 6.72. The van der Waals surface area contributed by atoms with Gasteiger partial charge in [-0.05, 0) is 24.3 Å². The largest absolute Gasteiger partial charge is 0.352 e. The van der Waals surface area contributed by atoms with Crippen LogP contribution >= 0.6 is 11.3 Å². The molecule has 0 bridgehead atoms. The summed E-state index contributed by atoms with van der Waals surface area (Å²) in [4.78, 5) is 25.8. The third kappa shape index (κ3) is 3.45. The van der Waals surface area contributed by atoms with Crippen LogP contribution in [-0.4, -0.2) is 27.4 Å². The number of nitrogens with one attached hydrogen (secondary N) is 1. The van der Waals surface area contributed by atoms with Gasteiger partial charge in [0.15, 0.2) is 0 Å². The summed E-state index contributed by atoms with van der Waals surface area (Å²) in [6.07, 6.45) is 5.95. The van der Waals surface area contributed by atoms with Crippen LogP contribution in [0.1, 0.15) is 15.4 Å². The first-order valence-corrected chi connectivity index (χ1v) is 9.16. The molecule has 1 N–H and O–H groups in total. The quantitative estimate of drug-likeness (QED) is 0.589. The molecule has 0 atom stereocenters. The topological polar surface area (TPSA) is 67.8 Å². The van der Waals surface area contributed by atoms with Crippen LogP contribution in [0.2, 0.25) is 0 Å². The van der Waals surface area contributed by atoms with Crippen molar-refractivity contribution >= 4 is 28.1 Å². The maximum atomic E-state index is 12.8. The molecule has 0 radical (unpaired) electrons. The number of thiazole rings is 1. The molecule has 3 heterocycles. The van der Waals surface area contributed by atoms with Crippen LogP contribution in [0.25, 0.3) is 22.2 Å². The van der Waals surface area contributed by atoms with Crippen molar-refractivity contribution in [2.45, 2.75) is 6.42 Å². The van der Waals surface area contributed by atoms with Crippen LogP contribution in [0.4, 0.5) is 0 Å². The van der Waals surface area contributed by atoms with E-state index in [1.54, 1.807) is 29.9 Å². The zero-order valence-corrected chi connectivity index (χ0v) is 14.7. The molecule has 0 aliphatic rings. The molecular weight excluding hydrogens is 344 g/mol. The predicted octanol–water partition coefficient (Wildman–Crippen LogP) is 3.73. The molecule has 26 heavy (non-hydrogen) atoms. The fraction of sp³-hybridized carbons (Fsp3) is 0.100. The highest BCUT2D eigenvalue weighted by atomic mass is 32.1.